The Hall–Kier alpha value is -5.55. The van der Waals surface area contributed by atoms with E-state index in [1.54, 1.807) is 62.6 Å². The average Bonchev–Trinajstić information content (AvgIpc) is 3.60. The number of rotatable bonds is 7. The quantitative estimate of drug-likeness (QED) is 0.196. The Morgan fingerprint density at radius 2 is 1.86 bits per heavy atom. The fourth-order valence-electron chi connectivity index (χ4n) is 5.15. The highest BCUT2D eigenvalue weighted by Gasteiger charge is 2.33. The molecule has 1 atom stereocenters. The van der Waals surface area contributed by atoms with Crippen molar-refractivity contribution >= 4 is 34.7 Å². The maximum absolute atomic E-state index is 14.0. The van der Waals surface area contributed by atoms with Crippen LogP contribution in [0.1, 0.15) is 29.9 Å². The number of para-hydroxylation sites is 1. The number of carbonyl (C=O) groups is 1. The molecule has 44 heavy (non-hydrogen) atoms. The number of nitro groups is 1. The topological polar surface area (TPSA) is 129 Å². The third-order valence-electron chi connectivity index (χ3n) is 7.31. The lowest BCUT2D eigenvalue weighted by atomic mass is 9.95. The van der Waals surface area contributed by atoms with Crippen LogP contribution in [0.25, 0.3) is 17.4 Å². The summed E-state index contributed by atoms with van der Waals surface area (Å²) < 4.78 is 13.3. The minimum absolute atomic E-state index is 0.0446. The number of carbonyl (C=O) groups excluding carboxylic acids is 1. The molecule has 0 radical (unpaired) electrons. The van der Waals surface area contributed by atoms with Crippen molar-refractivity contribution in [2.24, 2.45) is 4.99 Å². The second-order valence-electron chi connectivity index (χ2n) is 10.1. The molecule has 0 saturated carbocycles. The number of aryl methyl sites for hydroxylation is 1. The molecule has 2 aromatic heterocycles. The number of aromatic nitrogens is 1. The summed E-state index contributed by atoms with van der Waals surface area (Å²) >= 11 is 1.18. The van der Waals surface area contributed by atoms with Gasteiger partial charge in [0.25, 0.3) is 17.2 Å². The van der Waals surface area contributed by atoms with Crippen LogP contribution in [-0.2, 0) is 4.79 Å². The predicted octanol–water partition coefficient (Wildman–Crippen LogP) is 5.36. The molecule has 5 aromatic rings. The van der Waals surface area contributed by atoms with E-state index in [1.165, 1.54) is 28.0 Å². The second-order valence-corrected chi connectivity index (χ2v) is 11.1. The van der Waals surface area contributed by atoms with Gasteiger partial charge in [-0.2, -0.15) is 0 Å². The standard InChI is InChI=1S/C33H26N4O6S/c1-19-12-13-23(37(40)41)17-26(19)27-15-14-25(43-27)18-28-32(39)36-30(21-8-7-11-24(16-21)42-3)29(20(2)34-33(36)44-28)31(38)35-22-9-5-4-6-10-22/h4-18,30H,1-3H3,(H,35,38)/b28-18-/t30-/m1/s1. The summed E-state index contributed by atoms with van der Waals surface area (Å²) in [6.07, 6.45) is 1.62. The maximum Gasteiger partial charge on any atom is 0.271 e. The first-order valence-electron chi connectivity index (χ1n) is 13.6. The summed E-state index contributed by atoms with van der Waals surface area (Å²) in [4.78, 5) is 43.7. The first-order valence-corrected chi connectivity index (χ1v) is 14.4. The van der Waals surface area contributed by atoms with Crippen molar-refractivity contribution in [2.45, 2.75) is 19.9 Å². The van der Waals surface area contributed by atoms with Gasteiger partial charge in [-0.1, -0.05) is 47.7 Å². The second kappa shape index (κ2) is 11.6. The Morgan fingerprint density at radius 1 is 1.07 bits per heavy atom. The van der Waals surface area contributed by atoms with Crippen molar-refractivity contribution in [1.82, 2.24) is 4.57 Å². The summed E-state index contributed by atoms with van der Waals surface area (Å²) in [7, 11) is 1.56. The smallest absolute Gasteiger partial charge is 0.271 e. The molecule has 0 bridgehead atoms. The number of non-ortho nitro benzene ring substituents is 1. The van der Waals surface area contributed by atoms with Crippen molar-refractivity contribution < 1.29 is 18.9 Å². The molecule has 11 heteroatoms. The predicted molar refractivity (Wildman–Crippen MR) is 167 cm³/mol. The van der Waals surface area contributed by atoms with Crippen LogP contribution in [0.15, 0.2) is 110 Å². The van der Waals surface area contributed by atoms with Gasteiger partial charge in [0.15, 0.2) is 4.80 Å². The normalized spacial score (nSPS) is 14.6. The molecule has 1 N–H and O–H groups in total. The van der Waals surface area contributed by atoms with Crippen LogP contribution >= 0.6 is 11.3 Å². The molecule has 10 nitrogen and oxygen atoms in total. The molecule has 6 rings (SSSR count). The van der Waals surface area contributed by atoms with Crippen molar-refractivity contribution in [1.29, 1.82) is 0 Å². The van der Waals surface area contributed by atoms with E-state index in [0.29, 0.717) is 54.7 Å². The van der Waals surface area contributed by atoms with Gasteiger partial charge in [-0.05, 0) is 61.4 Å². The van der Waals surface area contributed by atoms with Crippen LogP contribution in [0.2, 0.25) is 0 Å². The molecule has 3 aromatic carbocycles. The van der Waals surface area contributed by atoms with E-state index in [-0.39, 0.29) is 17.2 Å². The Labute approximate surface area is 255 Å². The molecule has 0 saturated heterocycles. The van der Waals surface area contributed by atoms with E-state index in [4.69, 9.17) is 9.15 Å². The van der Waals surface area contributed by atoms with Gasteiger partial charge in [-0.15, -0.1) is 0 Å². The number of fused-ring (bicyclic) bond motifs is 1. The molecule has 0 spiro atoms. The van der Waals surface area contributed by atoms with Crippen molar-refractivity contribution in [2.75, 3.05) is 12.4 Å². The van der Waals surface area contributed by atoms with Gasteiger partial charge in [0.2, 0.25) is 0 Å². The number of furan rings is 1. The zero-order valence-corrected chi connectivity index (χ0v) is 24.8. The van der Waals surface area contributed by atoms with Gasteiger partial charge in [0, 0.05) is 29.5 Å². The maximum atomic E-state index is 14.0. The Bertz CT molecular complexity index is 2140. The first-order chi connectivity index (χ1) is 21.2. The van der Waals surface area contributed by atoms with E-state index in [9.17, 15) is 19.7 Å². The molecular weight excluding hydrogens is 580 g/mol. The Morgan fingerprint density at radius 3 is 2.61 bits per heavy atom. The Kier molecular flexibility index (Phi) is 7.54. The van der Waals surface area contributed by atoms with Crippen molar-refractivity contribution in [3.8, 4) is 17.1 Å². The number of nitrogens with one attached hydrogen (secondary N) is 1. The molecule has 1 aliphatic rings. The third-order valence-corrected chi connectivity index (χ3v) is 8.29. The van der Waals surface area contributed by atoms with E-state index in [1.807, 2.05) is 37.3 Å². The van der Waals surface area contributed by atoms with Gasteiger partial charge in [-0.25, -0.2) is 4.99 Å². The van der Waals surface area contributed by atoms with Gasteiger partial charge >= 0.3 is 0 Å². The zero-order chi connectivity index (χ0) is 31.0. The van der Waals surface area contributed by atoms with Crippen LogP contribution in [0.5, 0.6) is 5.75 Å². The van der Waals surface area contributed by atoms with E-state index in [0.717, 1.165) is 5.56 Å². The summed E-state index contributed by atoms with van der Waals surface area (Å²) in [5, 5.41) is 14.2. The molecule has 0 aliphatic carbocycles. The lowest BCUT2D eigenvalue weighted by molar-refractivity contribution is -0.384. The highest BCUT2D eigenvalue weighted by atomic mass is 32.1. The molecule has 1 amide bonds. The molecule has 0 fully saturated rings. The number of hydrogen-bond acceptors (Lipinski definition) is 8. The van der Waals surface area contributed by atoms with Gasteiger partial charge in [0.05, 0.1) is 33.9 Å². The Balaban J connectivity index is 1.45. The fraction of sp³-hybridized carbons (Fsp3) is 0.121. The number of nitro benzene ring substituents is 1. The minimum Gasteiger partial charge on any atom is -0.497 e. The lowest BCUT2D eigenvalue weighted by Crippen LogP contribution is -2.40. The molecular formula is C33H26N4O6S. The largest absolute Gasteiger partial charge is 0.497 e. The number of methoxy groups -OCH3 is 1. The highest BCUT2D eigenvalue weighted by Crippen LogP contribution is 2.33. The van der Waals surface area contributed by atoms with E-state index >= 15 is 0 Å². The van der Waals surface area contributed by atoms with Crippen LogP contribution in [0.4, 0.5) is 11.4 Å². The molecule has 1 aliphatic heterocycles. The monoisotopic (exact) mass is 606 g/mol. The van der Waals surface area contributed by atoms with Gasteiger partial charge in [0.1, 0.15) is 17.3 Å². The number of hydrogen-bond donors (Lipinski definition) is 1. The summed E-state index contributed by atoms with van der Waals surface area (Å²) in [5.74, 6) is 1.05. The number of thiazole rings is 1. The van der Waals surface area contributed by atoms with Crippen LogP contribution in [-0.4, -0.2) is 22.5 Å². The fourth-order valence-corrected chi connectivity index (χ4v) is 6.18. The first kappa shape index (κ1) is 28.6. The number of allylic oxidation sites excluding steroid dienone is 1. The van der Waals surface area contributed by atoms with Gasteiger partial charge < -0.3 is 14.5 Å². The number of anilines is 1. The number of nitrogens with zero attached hydrogens (tertiary/aromatic N) is 3. The van der Waals surface area contributed by atoms with Crippen LogP contribution in [0, 0.1) is 17.0 Å². The SMILES string of the molecule is COc1cccc([C@@H]2C(C(=O)Nc3ccccc3)=C(C)N=c3s/c(=C\c4ccc(-c5cc([N+](=O)[O-])ccc5C)o4)c(=O)n32)c1. The van der Waals surface area contributed by atoms with Crippen LogP contribution < -0.4 is 24.9 Å². The van der Waals surface area contributed by atoms with Crippen molar-refractivity contribution in [3.05, 3.63) is 143 Å². The van der Waals surface area contributed by atoms with Crippen molar-refractivity contribution in [3.63, 3.8) is 0 Å². The van der Waals surface area contributed by atoms with E-state index in [2.05, 4.69) is 10.3 Å². The zero-order valence-electron chi connectivity index (χ0n) is 23.9. The molecule has 3 heterocycles. The summed E-state index contributed by atoms with van der Waals surface area (Å²) in [5.41, 5.74) is 3.13. The summed E-state index contributed by atoms with van der Waals surface area (Å²) in [6, 6.07) is 23.6. The molecule has 220 valence electrons. The van der Waals surface area contributed by atoms with Crippen LogP contribution in [0.3, 0.4) is 0 Å². The number of ether oxygens (including phenoxy) is 1. The minimum atomic E-state index is -0.771. The van der Waals surface area contributed by atoms with Gasteiger partial charge in [-0.3, -0.25) is 24.3 Å². The molecule has 0 unspecified atom stereocenters. The van der Waals surface area contributed by atoms with E-state index < -0.39 is 11.0 Å². The number of benzene rings is 3. The third kappa shape index (κ3) is 5.36. The number of amides is 1. The average molecular weight is 607 g/mol. The lowest BCUT2D eigenvalue weighted by Gasteiger charge is -2.25. The summed E-state index contributed by atoms with van der Waals surface area (Å²) in [6.45, 7) is 3.59. The highest BCUT2D eigenvalue weighted by molar-refractivity contribution is 7.07.